The Hall–Kier alpha value is -2.07. The first-order valence-electron chi connectivity index (χ1n) is 6.15. The summed E-state index contributed by atoms with van der Waals surface area (Å²) in [6.07, 6.45) is 1.96. The van der Waals surface area contributed by atoms with Gasteiger partial charge in [-0.3, -0.25) is 0 Å². The summed E-state index contributed by atoms with van der Waals surface area (Å²) < 4.78 is 7.87. The molecule has 0 fully saturated rings. The van der Waals surface area contributed by atoms with Gasteiger partial charge < -0.3 is 9.30 Å². The number of hydrogen-bond acceptors (Lipinski definition) is 2. The van der Waals surface area contributed by atoms with Crippen LogP contribution < -0.4 is 0 Å². The van der Waals surface area contributed by atoms with Gasteiger partial charge in [-0.2, -0.15) is 0 Å². The van der Waals surface area contributed by atoms with Crippen molar-refractivity contribution in [1.82, 2.24) is 4.57 Å². The third-order valence-electron chi connectivity index (χ3n) is 3.22. The Bertz CT molecular complexity index is 792. The number of ether oxygens (including phenoxy) is 1. The molecule has 4 heteroatoms. The largest absolute Gasteiger partial charge is 0.465 e. The van der Waals surface area contributed by atoms with Gasteiger partial charge in [0.15, 0.2) is 0 Å². The van der Waals surface area contributed by atoms with Crippen LogP contribution in [0.5, 0.6) is 0 Å². The summed E-state index contributed by atoms with van der Waals surface area (Å²) in [5.74, 6) is -0.334. The molecule has 0 saturated carbocycles. The average Bonchev–Trinajstić information content (AvgIpc) is 2.89. The van der Waals surface area contributed by atoms with Gasteiger partial charge in [0.25, 0.3) is 0 Å². The Morgan fingerprint density at radius 2 is 1.95 bits per heavy atom. The molecule has 0 radical (unpaired) electrons. The van der Waals surface area contributed by atoms with Crippen molar-refractivity contribution in [2.24, 2.45) is 0 Å². The van der Waals surface area contributed by atoms with E-state index in [2.05, 4.69) is 15.9 Å². The molecule has 100 valence electrons. The maximum Gasteiger partial charge on any atom is 0.339 e. The molecule has 0 spiro atoms. The molecule has 0 amide bonds. The van der Waals surface area contributed by atoms with Gasteiger partial charge in [-0.25, -0.2) is 4.79 Å². The van der Waals surface area contributed by atoms with Crippen molar-refractivity contribution >= 4 is 32.8 Å². The highest BCUT2D eigenvalue weighted by Gasteiger charge is 2.13. The van der Waals surface area contributed by atoms with E-state index in [-0.39, 0.29) is 5.97 Å². The number of rotatable bonds is 2. The van der Waals surface area contributed by atoms with E-state index in [1.165, 1.54) is 7.11 Å². The summed E-state index contributed by atoms with van der Waals surface area (Å²) in [4.78, 5) is 11.9. The second kappa shape index (κ2) is 5.13. The molecule has 0 bridgehead atoms. The lowest BCUT2D eigenvalue weighted by Crippen LogP contribution is -2.07. The van der Waals surface area contributed by atoms with Crippen LogP contribution in [0.25, 0.3) is 16.6 Å². The monoisotopic (exact) mass is 329 g/mol. The van der Waals surface area contributed by atoms with Gasteiger partial charge >= 0.3 is 5.97 Å². The molecule has 1 aromatic heterocycles. The van der Waals surface area contributed by atoms with Gasteiger partial charge in [0.05, 0.1) is 23.9 Å². The highest BCUT2D eigenvalue weighted by Crippen LogP contribution is 2.25. The van der Waals surface area contributed by atoms with Crippen molar-refractivity contribution in [2.45, 2.75) is 0 Å². The highest BCUT2D eigenvalue weighted by atomic mass is 79.9. The normalized spacial score (nSPS) is 10.7. The minimum atomic E-state index is -0.334. The molecule has 1 heterocycles. The van der Waals surface area contributed by atoms with E-state index in [0.717, 1.165) is 21.1 Å². The lowest BCUT2D eigenvalue weighted by molar-refractivity contribution is 0.0601. The minimum absolute atomic E-state index is 0.334. The van der Waals surface area contributed by atoms with Crippen molar-refractivity contribution in [2.75, 3.05) is 7.11 Å². The van der Waals surface area contributed by atoms with E-state index >= 15 is 0 Å². The molecule has 0 aliphatic rings. The Kier molecular flexibility index (Phi) is 3.32. The van der Waals surface area contributed by atoms with Crippen LogP contribution in [0.15, 0.2) is 59.2 Å². The van der Waals surface area contributed by atoms with Gasteiger partial charge in [-0.15, -0.1) is 0 Å². The van der Waals surface area contributed by atoms with Crippen LogP contribution in [0, 0.1) is 0 Å². The molecule has 0 aliphatic carbocycles. The fourth-order valence-electron chi connectivity index (χ4n) is 2.29. The maximum absolute atomic E-state index is 11.9. The number of halogens is 1. The standard InChI is InChI=1S/C16H12BrNO2/c1-20-16(19)13-4-2-3-5-15(13)18-9-8-11-10-12(17)6-7-14(11)18/h2-10H,1H3. The van der Waals surface area contributed by atoms with E-state index in [0.29, 0.717) is 5.56 Å². The van der Waals surface area contributed by atoms with Crippen molar-refractivity contribution < 1.29 is 9.53 Å². The lowest BCUT2D eigenvalue weighted by atomic mass is 10.1. The first-order chi connectivity index (χ1) is 9.70. The number of esters is 1. The smallest absolute Gasteiger partial charge is 0.339 e. The third-order valence-corrected chi connectivity index (χ3v) is 3.71. The van der Waals surface area contributed by atoms with Crippen LogP contribution in [0.4, 0.5) is 0 Å². The number of carbonyl (C=O) groups excluding carboxylic acids is 1. The molecule has 20 heavy (non-hydrogen) atoms. The fraction of sp³-hybridized carbons (Fsp3) is 0.0625. The number of para-hydroxylation sites is 1. The van der Waals surface area contributed by atoms with Crippen LogP contribution in [-0.4, -0.2) is 17.6 Å². The van der Waals surface area contributed by atoms with E-state index < -0.39 is 0 Å². The van der Waals surface area contributed by atoms with Gasteiger partial charge in [0.1, 0.15) is 0 Å². The molecule has 3 aromatic rings. The number of carbonyl (C=O) groups is 1. The number of nitrogens with zero attached hydrogens (tertiary/aromatic N) is 1. The Balaban J connectivity index is 2.24. The van der Waals surface area contributed by atoms with E-state index in [9.17, 15) is 4.79 Å². The van der Waals surface area contributed by atoms with Crippen molar-refractivity contribution in [3.05, 3.63) is 64.8 Å². The van der Waals surface area contributed by atoms with Crippen LogP contribution in [0.3, 0.4) is 0 Å². The lowest BCUT2D eigenvalue weighted by Gasteiger charge is -2.10. The van der Waals surface area contributed by atoms with Gasteiger partial charge in [0, 0.05) is 16.1 Å². The summed E-state index contributed by atoms with van der Waals surface area (Å²) in [5.41, 5.74) is 2.41. The minimum Gasteiger partial charge on any atom is -0.465 e. The molecule has 3 nitrogen and oxygen atoms in total. The number of benzene rings is 2. The molecule has 3 rings (SSSR count). The van der Waals surface area contributed by atoms with Gasteiger partial charge in [-0.05, 0) is 36.4 Å². The van der Waals surface area contributed by atoms with Crippen LogP contribution in [-0.2, 0) is 4.74 Å². The second-order valence-electron chi connectivity index (χ2n) is 4.40. The summed E-state index contributed by atoms with van der Waals surface area (Å²) in [7, 11) is 1.39. The first-order valence-corrected chi connectivity index (χ1v) is 6.94. The zero-order valence-electron chi connectivity index (χ0n) is 10.8. The topological polar surface area (TPSA) is 31.2 Å². The Labute approximate surface area is 124 Å². The number of aromatic nitrogens is 1. The van der Waals surface area contributed by atoms with E-state index in [1.54, 1.807) is 6.07 Å². The molecule has 0 aliphatic heterocycles. The summed E-state index contributed by atoms with van der Waals surface area (Å²) in [6.45, 7) is 0. The predicted octanol–water partition coefficient (Wildman–Crippen LogP) is 4.18. The average molecular weight is 330 g/mol. The summed E-state index contributed by atoms with van der Waals surface area (Å²) >= 11 is 3.46. The van der Waals surface area contributed by atoms with Crippen LogP contribution in [0.1, 0.15) is 10.4 Å². The fourth-order valence-corrected chi connectivity index (χ4v) is 2.67. The molecule has 2 aromatic carbocycles. The third kappa shape index (κ3) is 2.12. The molecule has 0 saturated heterocycles. The SMILES string of the molecule is COC(=O)c1ccccc1-n1ccc2cc(Br)ccc21. The van der Waals surface area contributed by atoms with Crippen molar-refractivity contribution in [1.29, 1.82) is 0 Å². The maximum atomic E-state index is 11.9. The Morgan fingerprint density at radius 3 is 2.75 bits per heavy atom. The van der Waals surface area contributed by atoms with Crippen molar-refractivity contribution in [3.8, 4) is 5.69 Å². The number of hydrogen-bond donors (Lipinski definition) is 0. The Morgan fingerprint density at radius 1 is 1.15 bits per heavy atom. The highest BCUT2D eigenvalue weighted by molar-refractivity contribution is 9.10. The summed E-state index contributed by atoms with van der Waals surface area (Å²) in [5, 5.41) is 1.11. The molecule has 0 N–H and O–H groups in total. The quantitative estimate of drug-likeness (QED) is 0.660. The van der Waals surface area contributed by atoms with Crippen LogP contribution in [0.2, 0.25) is 0 Å². The van der Waals surface area contributed by atoms with E-state index in [4.69, 9.17) is 4.74 Å². The summed E-state index contributed by atoms with van der Waals surface area (Å²) in [6, 6.07) is 15.5. The zero-order chi connectivity index (χ0) is 14.1. The van der Waals surface area contributed by atoms with Crippen molar-refractivity contribution in [3.63, 3.8) is 0 Å². The number of fused-ring (bicyclic) bond motifs is 1. The number of methoxy groups -OCH3 is 1. The molecule has 0 atom stereocenters. The molecule has 0 unspecified atom stereocenters. The van der Waals surface area contributed by atoms with E-state index in [1.807, 2.05) is 53.2 Å². The van der Waals surface area contributed by atoms with Gasteiger partial charge in [0.2, 0.25) is 0 Å². The first kappa shape index (κ1) is 12.9. The second-order valence-corrected chi connectivity index (χ2v) is 5.31. The predicted molar refractivity (Wildman–Crippen MR) is 82.3 cm³/mol. The molecular weight excluding hydrogens is 318 g/mol. The molecular formula is C16H12BrNO2. The zero-order valence-corrected chi connectivity index (χ0v) is 12.4. The van der Waals surface area contributed by atoms with Crippen LogP contribution >= 0.6 is 15.9 Å². The van der Waals surface area contributed by atoms with Gasteiger partial charge in [-0.1, -0.05) is 28.1 Å².